The fourth-order valence-electron chi connectivity index (χ4n) is 4.12. The van der Waals surface area contributed by atoms with Gasteiger partial charge in [-0.25, -0.2) is 4.98 Å². The van der Waals surface area contributed by atoms with E-state index in [0.29, 0.717) is 34.4 Å². The molecule has 0 aliphatic rings. The molecule has 0 spiro atoms. The van der Waals surface area contributed by atoms with Gasteiger partial charge in [0.25, 0.3) is 0 Å². The zero-order valence-electron chi connectivity index (χ0n) is 22.3. The predicted octanol–water partition coefficient (Wildman–Crippen LogP) is 7.57. The van der Waals surface area contributed by atoms with Crippen LogP contribution in [0.25, 0.3) is 22.4 Å². The number of thioether (sulfide) groups is 1. The van der Waals surface area contributed by atoms with Crippen LogP contribution in [0.2, 0.25) is 0 Å². The Morgan fingerprint density at radius 1 is 0.805 bits per heavy atom. The highest BCUT2D eigenvalue weighted by Gasteiger charge is 2.18. The first-order valence-electron chi connectivity index (χ1n) is 12.9. The van der Waals surface area contributed by atoms with Crippen molar-refractivity contribution in [2.45, 2.75) is 11.6 Å². The number of ether oxygens (including phenoxy) is 3. The van der Waals surface area contributed by atoms with Crippen LogP contribution in [0.5, 0.6) is 17.2 Å². The Balaban J connectivity index is 1.31. The standard InChI is InChI=1S/C34H26N2O4S/c1-38-27-14-12-25(13-15-27)30-20-32(26-10-6-3-7-11-26)36-34(31(30)21-35)41-23-33(37)40-29-18-16-28(17-19-29)39-22-24-8-4-2-5-9-24/h2-20H,22-23H2,1H3. The normalized spacial score (nSPS) is 10.4. The van der Waals surface area contributed by atoms with Gasteiger partial charge < -0.3 is 14.2 Å². The summed E-state index contributed by atoms with van der Waals surface area (Å²) in [5, 5.41) is 10.6. The molecule has 7 heteroatoms. The third-order valence-electron chi connectivity index (χ3n) is 6.20. The quantitative estimate of drug-likeness (QED) is 0.0993. The van der Waals surface area contributed by atoms with E-state index in [1.807, 2.05) is 91.0 Å². The van der Waals surface area contributed by atoms with Crippen LogP contribution in [0.4, 0.5) is 0 Å². The Labute approximate surface area is 243 Å². The van der Waals surface area contributed by atoms with Crippen molar-refractivity contribution in [2.24, 2.45) is 0 Å². The number of nitrogens with zero attached hydrogens (tertiary/aromatic N) is 2. The molecule has 0 fully saturated rings. The maximum Gasteiger partial charge on any atom is 0.321 e. The Bertz CT molecular complexity index is 1650. The van der Waals surface area contributed by atoms with E-state index in [1.165, 1.54) is 11.8 Å². The van der Waals surface area contributed by atoms with E-state index in [4.69, 9.17) is 19.2 Å². The predicted molar refractivity (Wildman–Crippen MR) is 160 cm³/mol. The molecule has 0 aliphatic carbocycles. The van der Waals surface area contributed by atoms with E-state index in [0.717, 1.165) is 28.0 Å². The molecule has 0 bridgehead atoms. The molecule has 0 amide bonds. The van der Waals surface area contributed by atoms with Gasteiger partial charge in [-0.2, -0.15) is 5.26 Å². The molecular formula is C34H26N2O4S. The first kappa shape index (κ1) is 27.5. The number of esters is 1. The number of rotatable bonds is 10. The summed E-state index contributed by atoms with van der Waals surface area (Å²) in [5.74, 6) is 1.34. The highest BCUT2D eigenvalue weighted by molar-refractivity contribution is 7.99. The molecule has 4 aromatic carbocycles. The van der Waals surface area contributed by atoms with E-state index >= 15 is 0 Å². The van der Waals surface area contributed by atoms with Crippen molar-refractivity contribution in [3.8, 4) is 45.7 Å². The molecular weight excluding hydrogens is 532 g/mol. The zero-order valence-corrected chi connectivity index (χ0v) is 23.1. The summed E-state index contributed by atoms with van der Waals surface area (Å²) in [5.41, 5.74) is 4.65. The monoisotopic (exact) mass is 558 g/mol. The summed E-state index contributed by atoms with van der Waals surface area (Å²) in [6.07, 6.45) is 0. The van der Waals surface area contributed by atoms with Crippen LogP contribution in [-0.4, -0.2) is 23.8 Å². The number of hydrogen-bond acceptors (Lipinski definition) is 7. The molecule has 0 atom stereocenters. The Hall–Kier alpha value is -5.06. The van der Waals surface area contributed by atoms with E-state index in [-0.39, 0.29) is 5.75 Å². The fraction of sp³-hybridized carbons (Fsp3) is 0.0882. The molecule has 5 aromatic rings. The van der Waals surface area contributed by atoms with Crippen molar-refractivity contribution in [1.29, 1.82) is 5.26 Å². The van der Waals surface area contributed by atoms with Gasteiger partial charge in [0.1, 0.15) is 35.0 Å². The minimum atomic E-state index is -0.449. The van der Waals surface area contributed by atoms with Crippen molar-refractivity contribution in [3.63, 3.8) is 0 Å². The highest BCUT2D eigenvalue weighted by Crippen LogP contribution is 2.35. The maximum absolute atomic E-state index is 12.8. The van der Waals surface area contributed by atoms with Crippen LogP contribution in [0.15, 0.2) is 120 Å². The van der Waals surface area contributed by atoms with E-state index in [9.17, 15) is 10.1 Å². The molecule has 202 valence electrons. The molecule has 0 saturated carbocycles. The van der Waals surface area contributed by atoms with E-state index in [1.54, 1.807) is 31.4 Å². The fourth-order valence-corrected chi connectivity index (χ4v) is 4.90. The van der Waals surface area contributed by atoms with Crippen LogP contribution >= 0.6 is 11.8 Å². The summed E-state index contributed by atoms with van der Waals surface area (Å²) in [4.78, 5) is 17.5. The van der Waals surface area contributed by atoms with Crippen LogP contribution < -0.4 is 14.2 Å². The lowest BCUT2D eigenvalue weighted by Crippen LogP contribution is -2.11. The first-order valence-corrected chi connectivity index (χ1v) is 13.9. The van der Waals surface area contributed by atoms with Gasteiger partial charge >= 0.3 is 5.97 Å². The molecule has 0 saturated heterocycles. The van der Waals surface area contributed by atoms with Gasteiger partial charge in [0.05, 0.1) is 24.1 Å². The van der Waals surface area contributed by atoms with Crippen LogP contribution in [0.3, 0.4) is 0 Å². The van der Waals surface area contributed by atoms with E-state index < -0.39 is 5.97 Å². The lowest BCUT2D eigenvalue weighted by Gasteiger charge is -2.13. The van der Waals surface area contributed by atoms with Gasteiger partial charge in [0, 0.05) is 11.1 Å². The summed E-state index contributed by atoms with van der Waals surface area (Å²) < 4.78 is 16.6. The van der Waals surface area contributed by atoms with Gasteiger partial charge in [-0.15, -0.1) is 0 Å². The minimum absolute atomic E-state index is 0.0196. The summed E-state index contributed by atoms with van der Waals surface area (Å²) >= 11 is 1.18. The smallest absolute Gasteiger partial charge is 0.321 e. The molecule has 0 unspecified atom stereocenters. The van der Waals surface area contributed by atoms with Crippen molar-refractivity contribution in [3.05, 3.63) is 126 Å². The number of methoxy groups -OCH3 is 1. The lowest BCUT2D eigenvalue weighted by atomic mass is 9.99. The Morgan fingerprint density at radius 3 is 2.10 bits per heavy atom. The van der Waals surface area contributed by atoms with Crippen LogP contribution in [-0.2, 0) is 11.4 Å². The number of carbonyl (C=O) groups excluding carboxylic acids is 1. The number of carbonyl (C=O) groups is 1. The third-order valence-corrected chi connectivity index (χ3v) is 7.15. The lowest BCUT2D eigenvalue weighted by molar-refractivity contribution is -0.131. The van der Waals surface area contributed by atoms with Gasteiger partial charge in [0.2, 0.25) is 0 Å². The summed E-state index contributed by atoms with van der Waals surface area (Å²) in [7, 11) is 1.61. The van der Waals surface area contributed by atoms with Crippen molar-refractivity contribution < 1.29 is 19.0 Å². The number of aromatic nitrogens is 1. The Kier molecular flexibility index (Phi) is 8.95. The van der Waals surface area contributed by atoms with Crippen molar-refractivity contribution in [1.82, 2.24) is 4.98 Å². The minimum Gasteiger partial charge on any atom is -0.497 e. The molecule has 0 radical (unpaired) electrons. The molecule has 1 aromatic heterocycles. The second-order valence-corrected chi connectivity index (χ2v) is 9.91. The molecule has 0 N–H and O–H groups in total. The van der Waals surface area contributed by atoms with E-state index in [2.05, 4.69) is 6.07 Å². The highest BCUT2D eigenvalue weighted by atomic mass is 32.2. The first-order chi connectivity index (χ1) is 20.1. The van der Waals surface area contributed by atoms with Gasteiger partial charge in [0.15, 0.2) is 0 Å². The zero-order chi connectivity index (χ0) is 28.4. The molecule has 6 nitrogen and oxygen atoms in total. The molecule has 5 rings (SSSR count). The average Bonchev–Trinajstić information content (AvgIpc) is 3.04. The van der Waals surface area contributed by atoms with Gasteiger partial charge in [-0.05, 0) is 53.6 Å². The second kappa shape index (κ2) is 13.3. The van der Waals surface area contributed by atoms with Gasteiger partial charge in [-0.1, -0.05) is 84.6 Å². The maximum atomic E-state index is 12.8. The topological polar surface area (TPSA) is 81.4 Å². The van der Waals surface area contributed by atoms with Crippen molar-refractivity contribution >= 4 is 17.7 Å². The van der Waals surface area contributed by atoms with Crippen LogP contribution in [0, 0.1) is 11.3 Å². The summed E-state index contributed by atoms with van der Waals surface area (Å²) in [6, 6.07) is 38.2. The number of benzene rings is 4. The van der Waals surface area contributed by atoms with Crippen molar-refractivity contribution in [2.75, 3.05) is 12.9 Å². The second-order valence-electron chi connectivity index (χ2n) is 8.95. The Morgan fingerprint density at radius 2 is 1.44 bits per heavy atom. The number of pyridine rings is 1. The summed E-state index contributed by atoms with van der Waals surface area (Å²) in [6.45, 7) is 0.450. The largest absolute Gasteiger partial charge is 0.497 e. The number of hydrogen-bond donors (Lipinski definition) is 0. The third kappa shape index (κ3) is 7.13. The van der Waals surface area contributed by atoms with Gasteiger partial charge in [-0.3, -0.25) is 4.79 Å². The SMILES string of the molecule is COc1ccc(-c2cc(-c3ccccc3)nc(SCC(=O)Oc3ccc(OCc4ccccc4)cc3)c2C#N)cc1. The molecule has 41 heavy (non-hydrogen) atoms. The van der Waals surface area contributed by atoms with Crippen LogP contribution in [0.1, 0.15) is 11.1 Å². The average molecular weight is 559 g/mol. The number of nitriles is 1. The molecule has 0 aliphatic heterocycles. The molecule has 1 heterocycles.